The first kappa shape index (κ1) is 8.66. The average molecular weight is 163 g/mol. The van der Waals surface area contributed by atoms with Crippen molar-refractivity contribution in [1.82, 2.24) is 9.78 Å². The van der Waals surface area contributed by atoms with Gasteiger partial charge in [0.1, 0.15) is 0 Å². The molecule has 0 amide bonds. The van der Waals surface area contributed by atoms with Crippen molar-refractivity contribution >= 4 is 5.69 Å². The van der Waals surface area contributed by atoms with E-state index in [0.717, 1.165) is 18.7 Å². The van der Waals surface area contributed by atoms with Gasteiger partial charge in [0, 0.05) is 26.2 Å². The predicted molar refractivity (Wildman–Crippen MR) is 49.8 cm³/mol. The summed E-state index contributed by atoms with van der Waals surface area (Å²) in [6.07, 6.45) is 4.63. The maximum absolute atomic E-state index is 4.03. The lowest BCUT2D eigenvalue weighted by molar-refractivity contribution is 0.768. The molecule has 0 fully saturated rings. The van der Waals surface area contributed by atoms with Crippen molar-refractivity contribution in [3.8, 4) is 11.8 Å². The smallest absolute Gasteiger partial charge is 0.0726 e. The summed E-state index contributed by atoms with van der Waals surface area (Å²) in [6, 6.07) is 0. The van der Waals surface area contributed by atoms with Gasteiger partial charge < -0.3 is 5.32 Å². The molecule has 3 nitrogen and oxygen atoms in total. The molecule has 0 spiro atoms. The molecule has 64 valence electrons. The Hall–Kier alpha value is -1.43. The first-order valence-electron chi connectivity index (χ1n) is 3.95. The quantitative estimate of drug-likeness (QED) is 0.536. The molecule has 0 unspecified atom stereocenters. The summed E-state index contributed by atoms with van der Waals surface area (Å²) in [5.74, 6) is 5.83. The van der Waals surface area contributed by atoms with Gasteiger partial charge in [-0.3, -0.25) is 4.68 Å². The van der Waals surface area contributed by atoms with Crippen LogP contribution in [0.4, 0.5) is 5.69 Å². The van der Waals surface area contributed by atoms with Crippen molar-refractivity contribution in [3.05, 3.63) is 12.4 Å². The van der Waals surface area contributed by atoms with E-state index in [0.29, 0.717) is 0 Å². The summed E-state index contributed by atoms with van der Waals surface area (Å²) in [5.41, 5.74) is 1.05. The first-order valence-corrected chi connectivity index (χ1v) is 3.95. The minimum absolute atomic E-state index is 0.880. The molecule has 1 N–H and O–H groups in total. The number of aromatic nitrogens is 2. The molecule has 0 aliphatic rings. The van der Waals surface area contributed by atoms with Crippen LogP contribution >= 0.6 is 0 Å². The molecular weight excluding hydrogens is 150 g/mol. The molecule has 0 atom stereocenters. The van der Waals surface area contributed by atoms with E-state index in [1.165, 1.54) is 0 Å². The molecule has 0 aliphatic heterocycles. The standard InChI is InChI=1S/C9H13N3/c1-3-4-5-6-10-9-7-11-12(2)8-9/h7-8,10H,5-6H2,1-2H3. The lowest BCUT2D eigenvalue weighted by atomic mass is 10.4. The Morgan fingerprint density at radius 2 is 2.50 bits per heavy atom. The second-order valence-corrected chi connectivity index (χ2v) is 2.51. The summed E-state index contributed by atoms with van der Waals surface area (Å²) in [6.45, 7) is 2.73. The molecule has 1 aromatic heterocycles. The minimum atomic E-state index is 0.880. The van der Waals surface area contributed by atoms with Crippen molar-refractivity contribution in [2.75, 3.05) is 11.9 Å². The topological polar surface area (TPSA) is 29.9 Å². The van der Waals surface area contributed by atoms with Crippen LogP contribution in [0, 0.1) is 11.8 Å². The molecule has 0 radical (unpaired) electrons. The monoisotopic (exact) mass is 163 g/mol. The van der Waals surface area contributed by atoms with Gasteiger partial charge in [0.25, 0.3) is 0 Å². The summed E-state index contributed by atoms with van der Waals surface area (Å²) in [4.78, 5) is 0. The molecule has 0 saturated heterocycles. The van der Waals surface area contributed by atoms with E-state index in [4.69, 9.17) is 0 Å². The third-order valence-electron chi connectivity index (χ3n) is 1.46. The Balaban J connectivity index is 2.27. The number of nitrogens with one attached hydrogen (secondary N) is 1. The van der Waals surface area contributed by atoms with Gasteiger partial charge in [-0.25, -0.2) is 0 Å². The fourth-order valence-corrected chi connectivity index (χ4v) is 0.907. The van der Waals surface area contributed by atoms with E-state index in [9.17, 15) is 0 Å². The van der Waals surface area contributed by atoms with Crippen molar-refractivity contribution in [2.45, 2.75) is 13.3 Å². The van der Waals surface area contributed by atoms with E-state index in [2.05, 4.69) is 22.3 Å². The number of nitrogens with zero attached hydrogens (tertiary/aromatic N) is 2. The molecule has 12 heavy (non-hydrogen) atoms. The lowest BCUT2D eigenvalue weighted by Crippen LogP contribution is -1.98. The molecule has 1 rings (SSSR count). The highest BCUT2D eigenvalue weighted by molar-refractivity contribution is 5.37. The van der Waals surface area contributed by atoms with E-state index in [-0.39, 0.29) is 0 Å². The zero-order valence-corrected chi connectivity index (χ0v) is 7.46. The lowest BCUT2D eigenvalue weighted by Gasteiger charge is -1.97. The Morgan fingerprint density at radius 1 is 1.67 bits per heavy atom. The Bertz CT molecular complexity index is 290. The molecule has 0 bridgehead atoms. The van der Waals surface area contributed by atoms with Gasteiger partial charge >= 0.3 is 0 Å². The Morgan fingerprint density at radius 3 is 3.08 bits per heavy atom. The number of anilines is 1. The van der Waals surface area contributed by atoms with Gasteiger partial charge in [-0.15, -0.1) is 11.8 Å². The molecule has 1 heterocycles. The van der Waals surface area contributed by atoms with Gasteiger partial charge in [0.2, 0.25) is 0 Å². The highest BCUT2D eigenvalue weighted by Gasteiger charge is 1.91. The first-order chi connectivity index (χ1) is 5.83. The van der Waals surface area contributed by atoms with Gasteiger partial charge in [-0.05, 0) is 6.92 Å². The average Bonchev–Trinajstić information content (AvgIpc) is 2.45. The van der Waals surface area contributed by atoms with Crippen LogP contribution in [0.5, 0.6) is 0 Å². The molecule has 3 heteroatoms. The number of aryl methyl sites for hydroxylation is 1. The van der Waals surface area contributed by atoms with Gasteiger partial charge in [-0.1, -0.05) is 0 Å². The van der Waals surface area contributed by atoms with E-state index in [1.807, 2.05) is 20.2 Å². The molecule has 0 aromatic carbocycles. The summed E-state index contributed by atoms with van der Waals surface area (Å²) in [7, 11) is 1.90. The van der Waals surface area contributed by atoms with Crippen LogP contribution in [0.2, 0.25) is 0 Å². The summed E-state index contributed by atoms with van der Waals surface area (Å²) in [5, 5.41) is 7.25. The van der Waals surface area contributed by atoms with Crippen LogP contribution in [0.15, 0.2) is 12.4 Å². The van der Waals surface area contributed by atoms with Crippen molar-refractivity contribution in [1.29, 1.82) is 0 Å². The predicted octanol–water partition coefficient (Wildman–Crippen LogP) is 1.25. The van der Waals surface area contributed by atoms with E-state index in [1.54, 1.807) is 10.9 Å². The highest BCUT2D eigenvalue weighted by atomic mass is 15.3. The maximum Gasteiger partial charge on any atom is 0.0726 e. The van der Waals surface area contributed by atoms with Gasteiger partial charge in [0.15, 0.2) is 0 Å². The van der Waals surface area contributed by atoms with Crippen LogP contribution in [0.25, 0.3) is 0 Å². The second-order valence-electron chi connectivity index (χ2n) is 2.51. The van der Waals surface area contributed by atoms with Crippen LogP contribution in [0.3, 0.4) is 0 Å². The third kappa shape index (κ3) is 2.67. The van der Waals surface area contributed by atoms with Crippen molar-refractivity contribution < 1.29 is 0 Å². The Labute approximate surface area is 72.8 Å². The maximum atomic E-state index is 4.03. The third-order valence-corrected chi connectivity index (χ3v) is 1.46. The molecular formula is C9H13N3. The zero-order chi connectivity index (χ0) is 8.81. The zero-order valence-electron chi connectivity index (χ0n) is 7.46. The van der Waals surface area contributed by atoms with Gasteiger partial charge in [-0.2, -0.15) is 5.10 Å². The number of hydrogen-bond acceptors (Lipinski definition) is 2. The SMILES string of the molecule is CC#CCCNc1cnn(C)c1. The van der Waals surface area contributed by atoms with Crippen LogP contribution in [-0.4, -0.2) is 16.3 Å². The van der Waals surface area contributed by atoms with E-state index < -0.39 is 0 Å². The molecule has 0 aliphatic carbocycles. The fraction of sp³-hybridized carbons (Fsp3) is 0.444. The molecule has 0 saturated carbocycles. The largest absolute Gasteiger partial charge is 0.382 e. The summed E-state index contributed by atoms with van der Waals surface area (Å²) < 4.78 is 1.77. The molecule has 1 aromatic rings. The number of hydrogen-bond donors (Lipinski definition) is 1. The van der Waals surface area contributed by atoms with Crippen molar-refractivity contribution in [2.24, 2.45) is 7.05 Å². The second kappa shape index (κ2) is 4.45. The fourth-order valence-electron chi connectivity index (χ4n) is 0.907. The van der Waals surface area contributed by atoms with Crippen molar-refractivity contribution in [3.63, 3.8) is 0 Å². The van der Waals surface area contributed by atoms with Crippen LogP contribution in [0.1, 0.15) is 13.3 Å². The van der Waals surface area contributed by atoms with Gasteiger partial charge in [0.05, 0.1) is 11.9 Å². The normalized spacial score (nSPS) is 8.83. The van der Waals surface area contributed by atoms with Crippen LogP contribution in [-0.2, 0) is 7.05 Å². The minimum Gasteiger partial charge on any atom is -0.382 e. The number of rotatable bonds is 3. The van der Waals surface area contributed by atoms with E-state index >= 15 is 0 Å². The summed E-state index contributed by atoms with van der Waals surface area (Å²) >= 11 is 0. The van der Waals surface area contributed by atoms with Crippen LogP contribution < -0.4 is 5.32 Å². The Kier molecular flexibility index (Phi) is 3.21. The highest BCUT2D eigenvalue weighted by Crippen LogP contribution is 2.02.